The molecule has 2 heterocycles. The molecule has 2 aromatic carbocycles. The normalized spacial score (nSPS) is 17.3. The summed E-state index contributed by atoms with van der Waals surface area (Å²) in [6.45, 7) is 6.29. The second-order valence-electron chi connectivity index (χ2n) is 9.97. The van der Waals surface area contributed by atoms with E-state index >= 15 is 0 Å². The number of carbonyl (C=O) groups is 1. The van der Waals surface area contributed by atoms with Gasteiger partial charge in [-0.15, -0.1) is 0 Å². The molecule has 0 amide bonds. The van der Waals surface area contributed by atoms with Crippen LogP contribution in [0.2, 0.25) is 10.2 Å². The highest BCUT2D eigenvalue weighted by atomic mass is 35.5. The number of pyridine rings is 1. The van der Waals surface area contributed by atoms with E-state index in [0.29, 0.717) is 47.7 Å². The zero-order chi connectivity index (χ0) is 27.8. The van der Waals surface area contributed by atoms with Crippen LogP contribution in [-0.2, 0) is 11.4 Å². The number of rotatable bonds is 5. The van der Waals surface area contributed by atoms with Gasteiger partial charge in [0.25, 0.3) is 0 Å². The van der Waals surface area contributed by atoms with Crippen LogP contribution in [-0.4, -0.2) is 10.8 Å². The van der Waals surface area contributed by atoms with Crippen LogP contribution >= 0.6 is 23.2 Å². The number of nitrogens with two attached hydrogens (primary N) is 1. The van der Waals surface area contributed by atoms with Gasteiger partial charge in [-0.2, -0.15) is 5.26 Å². The number of aryl methyl sites for hydroxylation is 2. The number of allylic oxidation sites excluding steroid dienone is 3. The first-order valence-corrected chi connectivity index (χ1v) is 13.5. The van der Waals surface area contributed by atoms with Crippen molar-refractivity contribution >= 4 is 34.7 Å². The average molecular weight is 559 g/mol. The van der Waals surface area contributed by atoms with Crippen LogP contribution in [0.1, 0.15) is 53.0 Å². The van der Waals surface area contributed by atoms with E-state index in [1.54, 1.807) is 29.3 Å². The van der Waals surface area contributed by atoms with Crippen molar-refractivity contribution in [2.75, 3.05) is 4.90 Å². The lowest BCUT2D eigenvalue weighted by Gasteiger charge is -2.40. The van der Waals surface area contributed by atoms with E-state index in [4.69, 9.17) is 33.7 Å². The minimum absolute atomic E-state index is 0.0157. The molecule has 0 saturated carbocycles. The number of hydrogen-bond acceptors (Lipinski definition) is 6. The van der Waals surface area contributed by atoms with Crippen molar-refractivity contribution in [3.8, 4) is 11.8 Å². The van der Waals surface area contributed by atoms with Crippen molar-refractivity contribution in [1.82, 2.24) is 4.98 Å². The third-order valence-corrected chi connectivity index (χ3v) is 7.95. The molecular formula is C31H28Cl2N4O2. The van der Waals surface area contributed by atoms with Gasteiger partial charge in [0.05, 0.1) is 23.2 Å². The van der Waals surface area contributed by atoms with Crippen LogP contribution in [0.3, 0.4) is 0 Å². The molecule has 1 aliphatic heterocycles. The molecule has 3 aromatic rings. The molecule has 39 heavy (non-hydrogen) atoms. The highest BCUT2D eigenvalue weighted by molar-refractivity contribution is 6.32. The van der Waals surface area contributed by atoms with Crippen molar-refractivity contribution < 1.29 is 9.53 Å². The van der Waals surface area contributed by atoms with E-state index in [9.17, 15) is 10.1 Å². The predicted molar refractivity (Wildman–Crippen MR) is 154 cm³/mol. The summed E-state index contributed by atoms with van der Waals surface area (Å²) < 4.78 is 6.18. The summed E-state index contributed by atoms with van der Waals surface area (Å²) in [5.41, 5.74) is 13.7. The Morgan fingerprint density at radius 1 is 1.15 bits per heavy atom. The number of carbonyl (C=O) groups excluding carboxylic acids is 1. The standard InChI is InChI=1S/C31H28Cl2N4O2/c1-17-12-20(16-39-27-10-9-21(32)14-18(27)2)19(3)22(13-17)28-23(15-34)31(35)37(25-7-5-11-36-30(25)33)24-6-4-8-26(38)29(24)28/h5,7,9-14,28H,4,6,8,16,35H2,1-3H3. The van der Waals surface area contributed by atoms with Gasteiger partial charge in [0.1, 0.15) is 18.2 Å². The van der Waals surface area contributed by atoms with E-state index < -0.39 is 5.92 Å². The minimum atomic E-state index is -0.583. The van der Waals surface area contributed by atoms with Gasteiger partial charge >= 0.3 is 0 Å². The quantitative estimate of drug-likeness (QED) is 0.333. The van der Waals surface area contributed by atoms with Crippen molar-refractivity contribution in [3.63, 3.8) is 0 Å². The van der Waals surface area contributed by atoms with Gasteiger partial charge in [0, 0.05) is 28.9 Å². The largest absolute Gasteiger partial charge is 0.489 e. The van der Waals surface area contributed by atoms with Gasteiger partial charge in [0.15, 0.2) is 10.9 Å². The highest BCUT2D eigenvalue weighted by Crippen LogP contribution is 2.48. The Balaban J connectivity index is 1.64. The molecule has 1 unspecified atom stereocenters. The second-order valence-corrected chi connectivity index (χ2v) is 10.8. The van der Waals surface area contributed by atoms with Gasteiger partial charge in [-0.05, 0) is 86.2 Å². The van der Waals surface area contributed by atoms with Crippen molar-refractivity contribution in [2.24, 2.45) is 5.73 Å². The van der Waals surface area contributed by atoms with Gasteiger partial charge in [0.2, 0.25) is 0 Å². The molecule has 1 aliphatic carbocycles. The first-order chi connectivity index (χ1) is 18.7. The predicted octanol–water partition coefficient (Wildman–Crippen LogP) is 7.20. The van der Waals surface area contributed by atoms with E-state index in [2.05, 4.69) is 17.1 Å². The second kappa shape index (κ2) is 10.8. The van der Waals surface area contributed by atoms with Gasteiger partial charge in [-0.1, -0.05) is 40.9 Å². The first kappa shape index (κ1) is 26.8. The van der Waals surface area contributed by atoms with Crippen molar-refractivity contribution in [2.45, 2.75) is 52.6 Å². The Bertz CT molecular complexity index is 1600. The summed E-state index contributed by atoms with van der Waals surface area (Å²) in [4.78, 5) is 19.5. The molecule has 1 atom stereocenters. The Labute approximate surface area is 238 Å². The lowest BCUT2D eigenvalue weighted by atomic mass is 9.73. The number of anilines is 1. The number of ketones is 1. The maximum absolute atomic E-state index is 13.6. The number of aromatic nitrogens is 1. The number of ether oxygens (including phenoxy) is 1. The zero-order valence-corrected chi connectivity index (χ0v) is 23.5. The third-order valence-electron chi connectivity index (χ3n) is 7.42. The van der Waals surface area contributed by atoms with Crippen LogP contribution in [0.15, 0.2) is 71.3 Å². The average Bonchev–Trinajstić information content (AvgIpc) is 2.90. The van der Waals surface area contributed by atoms with E-state index in [0.717, 1.165) is 39.3 Å². The van der Waals surface area contributed by atoms with E-state index in [1.807, 2.05) is 39.0 Å². The monoisotopic (exact) mass is 558 g/mol. The molecule has 0 bridgehead atoms. The SMILES string of the molecule is Cc1cc(COc2ccc(Cl)cc2C)c(C)c(C2C(C#N)=C(N)N(c3cccnc3Cl)C3=C2C(=O)CCC3)c1. The molecule has 1 aromatic heterocycles. The minimum Gasteiger partial charge on any atom is -0.489 e. The molecule has 2 aliphatic rings. The molecule has 2 N–H and O–H groups in total. The van der Waals surface area contributed by atoms with Crippen LogP contribution in [0, 0.1) is 32.1 Å². The van der Waals surface area contributed by atoms with Crippen LogP contribution < -0.4 is 15.4 Å². The Morgan fingerprint density at radius 3 is 2.67 bits per heavy atom. The topological polar surface area (TPSA) is 92.2 Å². The lowest BCUT2D eigenvalue weighted by molar-refractivity contribution is -0.116. The highest BCUT2D eigenvalue weighted by Gasteiger charge is 2.41. The fourth-order valence-corrected chi connectivity index (χ4v) is 5.99. The molecule has 6 nitrogen and oxygen atoms in total. The number of nitriles is 1. The van der Waals surface area contributed by atoms with E-state index in [1.165, 1.54) is 0 Å². The summed E-state index contributed by atoms with van der Waals surface area (Å²) in [5.74, 6) is 0.446. The number of halogens is 2. The molecule has 0 fully saturated rings. The van der Waals surface area contributed by atoms with Gasteiger partial charge < -0.3 is 10.5 Å². The fourth-order valence-electron chi connectivity index (χ4n) is 5.56. The molecular weight excluding hydrogens is 531 g/mol. The molecule has 5 rings (SSSR count). The van der Waals surface area contributed by atoms with Crippen molar-refractivity contribution in [1.29, 1.82) is 5.26 Å². The summed E-state index contributed by atoms with van der Waals surface area (Å²) >= 11 is 12.6. The number of hydrogen-bond donors (Lipinski definition) is 1. The van der Waals surface area contributed by atoms with E-state index in [-0.39, 0.29) is 16.8 Å². The van der Waals surface area contributed by atoms with Gasteiger partial charge in [-0.25, -0.2) is 4.98 Å². The van der Waals surface area contributed by atoms with Crippen LogP contribution in [0.4, 0.5) is 5.69 Å². The summed E-state index contributed by atoms with van der Waals surface area (Å²) in [6, 6.07) is 15.5. The molecule has 0 radical (unpaired) electrons. The lowest BCUT2D eigenvalue weighted by Crippen LogP contribution is -2.39. The molecule has 0 saturated heterocycles. The fraction of sp³-hybridized carbons (Fsp3) is 0.258. The van der Waals surface area contributed by atoms with Gasteiger partial charge in [-0.3, -0.25) is 9.69 Å². The molecule has 198 valence electrons. The molecule has 0 spiro atoms. The summed E-state index contributed by atoms with van der Waals surface area (Å²) in [7, 11) is 0. The zero-order valence-electron chi connectivity index (χ0n) is 22.0. The maximum atomic E-state index is 13.6. The Hall–Kier alpha value is -3.79. The number of benzene rings is 2. The Kier molecular flexibility index (Phi) is 7.40. The maximum Gasteiger partial charge on any atom is 0.161 e. The first-order valence-electron chi connectivity index (χ1n) is 12.8. The number of Topliss-reactive ketones (excluding diaryl/α,β-unsaturated/α-hetero) is 1. The van der Waals surface area contributed by atoms with Crippen LogP contribution in [0.5, 0.6) is 5.75 Å². The smallest absolute Gasteiger partial charge is 0.161 e. The Morgan fingerprint density at radius 2 is 1.95 bits per heavy atom. The number of nitrogens with zero attached hydrogens (tertiary/aromatic N) is 3. The third kappa shape index (κ3) is 4.89. The summed E-state index contributed by atoms with van der Waals surface area (Å²) in [6.07, 6.45) is 3.34. The van der Waals surface area contributed by atoms with Crippen molar-refractivity contribution in [3.05, 3.63) is 109 Å². The molecule has 8 heteroatoms. The van der Waals surface area contributed by atoms with Crippen LogP contribution in [0.25, 0.3) is 0 Å². The summed E-state index contributed by atoms with van der Waals surface area (Å²) in [5, 5.41) is 11.3.